The first kappa shape index (κ1) is 15.4. The van der Waals surface area contributed by atoms with Crippen LogP contribution in [-0.2, 0) is 0 Å². The van der Waals surface area contributed by atoms with Gasteiger partial charge < -0.3 is 10.0 Å². The van der Waals surface area contributed by atoms with Gasteiger partial charge in [0, 0.05) is 18.2 Å². The highest BCUT2D eigenvalue weighted by Crippen LogP contribution is 2.28. The maximum absolute atomic E-state index is 12.7. The van der Waals surface area contributed by atoms with Gasteiger partial charge in [-0.1, -0.05) is 26.7 Å². The summed E-state index contributed by atoms with van der Waals surface area (Å²) < 4.78 is 0.616. The van der Waals surface area contributed by atoms with E-state index in [9.17, 15) is 9.90 Å². The largest absolute Gasteiger partial charge is 0.507 e. The summed E-state index contributed by atoms with van der Waals surface area (Å²) in [5, 5.41) is 9.76. The Kier molecular flexibility index (Phi) is 5.08. The normalized spacial score (nSPS) is 15.8. The van der Waals surface area contributed by atoms with Crippen LogP contribution in [0, 0.1) is 5.92 Å². The van der Waals surface area contributed by atoms with Crippen LogP contribution in [0.15, 0.2) is 22.7 Å². The van der Waals surface area contributed by atoms with Crippen LogP contribution in [0.1, 0.15) is 49.9 Å². The molecule has 4 heteroatoms. The number of phenolic OH excluding ortho intramolecular Hbond substituents is 1. The molecule has 0 saturated heterocycles. The lowest BCUT2D eigenvalue weighted by Gasteiger charge is -2.30. The minimum absolute atomic E-state index is 0.0356. The Morgan fingerprint density at radius 2 is 2.05 bits per heavy atom. The fourth-order valence-electron chi connectivity index (χ4n) is 2.82. The van der Waals surface area contributed by atoms with Crippen molar-refractivity contribution >= 4 is 21.8 Å². The van der Waals surface area contributed by atoms with Gasteiger partial charge in [-0.2, -0.15) is 0 Å². The van der Waals surface area contributed by atoms with E-state index in [2.05, 4.69) is 29.8 Å². The topological polar surface area (TPSA) is 40.5 Å². The van der Waals surface area contributed by atoms with Gasteiger partial charge in [0.15, 0.2) is 0 Å². The lowest BCUT2D eigenvalue weighted by atomic mass is 10.1. The quantitative estimate of drug-likeness (QED) is 0.893. The van der Waals surface area contributed by atoms with Gasteiger partial charge in [0.25, 0.3) is 5.91 Å². The maximum Gasteiger partial charge on any atom is 0.254 e. The zero-order valence-electron chi connectivity index (χ0n) is 12.1. The van der Waals surface area contributed by atoms with Gasteiger partial charge in [0.05, 0.1) is 4.47 Å². The van der Waals surface area contributed by atoms with Crippen molar-refractivity contribution in [2.24, 2.45) is 5.92 Å². The molecule has 0 bridgehead atoms. The molecule has 0 radical (unpaired) electrons. The highest BCUT2D eigenvalue weighted by atomic mass is 79.9. The second-order valence-electron chi connectivity index (χ2n) is 5.96. The SMILES string of the molecule is CC(C)CN(C(=O)c1ccc(Br)c(O)c1)C1CCCC1. The standard InChI is InChI=1S/C16H22BrNO2/c1-11(2)10-18(13-5-3-4-6-13)16(20)12-7-8-14(17)15(19)9-12/h7-9,11,13,19H,3-6,10H2,1-2H3. The summed E-state index contributed by atoms with van der Waals surface area (Å²) in [5.41, 5.74) is 0.568. The number of hydrogen-bond donors (Lipinski definition) is 1. The van der Waals surface area contributed by atoms with Crippen molar-refractivity contribution in [2.75, 3.05) is 6.54 Å². The second-order valence-corrected chi connectivity index (χ2v) is 6.81. The van der Waals surface area contributed by atoms with Crippen molar-refractivity contribution in [3.8, 4) is 5.75 Å². The molecule has 1 aliphatic carbocycles. The third kappa shape index (κ3) is 3.54. The van der Waals surface area contributed by atoms with Crippen LogP contribution >= 0.6 is 15.9 Å². The van der Waals surface area contributed by atoms with Crippen LogP contribution in [0.3, 0.4) is 0 Å². The molecule has 1 aromatic rings. The summed E-state index contributed by atoms with van der Waals surface area (Å²) in [6.07, 6.45) is 4.61. The third-order valence-corrected chi connectivity index (χ3v) is 4.45. The van der Waals surface area contributed by atoms with Gasteiger partial charge in [0.2, 0.25) is 0 Å². The van der Waals surface area contributed by atoms with Crippen LogP contribution in [0.4, 0.5) is 0 Å². The average molecular weight is 340 g/mol. The van der Waals surface area contributed by atoms with E-state index in [1.54, 1.807) is 18.2 Å². The number of carbonyl (C=O) groups excluding carboxylic acids is 1. The number of carbonyl (C=O) groups is 1. The summed E-state index contributed by atoms with van der Waals surface area (Å²) >= 11 is 3.25. The Bertz CT molecular complexity index is 481. The van der Waals surface area contributed by atoms with Crippen LogP contribution < -0.4 is 0 Å². The number of phenols is 1. The monoisotopic (exact) mass is 339 g/mol. The van der Waals surface area contributed by atoms with E-state index in [1.807, 2.05) is 4.90 Å². The molecule has 0 spiro atoms. The Balaban J connectivity index is 2.22. The molecule has 2 rings (SSSR count). The molecule has 1 saturated carbocycles. The Morgan fingerprint density at radius 1 is 1.40 bits per heavy atom. The highest BCUT2D eigenvalue weighted by Gasteiger charge is 2.28. The number of aromatic hydroxyl groups is 1. The molecule has 0 heterocycles. The van der Waals surface area contributed by atoms with Crippen LogP contribution in [-0.4, -0.2) is 28.5 Å². The second kappa shape index (κ2) is 6.61. The summed E-state index contributed by atoms with van der Waals surface area (Å²) in [6.45, 7) is 5.04. The van der Waals surface area contributed by atoms with E-state index >= 15 is 0 Å². The molecule has 1 N–H and O–H groups in total. The predicted octanol–water partition coefficient (Wildman–Crippen LogP) is 4.20. The summed E-state index contributed by atoms with van der Waals surface area (Å²) in [6, 6.07) is 5.41. The molecule has 0 aromatic heterocycles. The molecule has 20 heavy (non-hydrogen) atoms. The van der Waals surface area contributed by atoms with Gasteiger partial charge >= 0.3 is 0 Å². The highest BCUT2D eigenvalue weighted by molar-refractivity contribution is 9.10. The van der Waals surface area contributed by atoms with Gasteiger partial charge in [0.1, 0.15) is 5.75 Å². The number of amides is 1. The van der Waals surface area contributed by atoms with Gasteiger partial charge in [-0.15, -0.1) is 0 Å². The molecule has 0 aliphatic heterocycles. The number of nitrogens with zero attached hydrogens (tertiary/aromatic N) is 1. The van der Waals surface area contributed by atoms with Crippen molar-refractivity contribution in [1.29, 1.82) is 0 Å². The molecule has 3 nitrogen and oxygen atoms in total. The number of halogens is 1. The first-order chi connectivity index (χ1) is 9.49. The number of rotatable bonds is 4. The zero-order chi connectivity index (χ0) is 14.7. The van der Waals surface area contributed by atoms with Crippen LogP contribution in [0.25, 0.3) is 0 Å². The summed E-state index contributed by atoms with van der Waals surface area (Å²) in [7, 11) is 0. The molecule has 1 aromatic carbocycles. The van der Waals surface area contributed by atoms with Crippen molar-refractivity contribution in [2.45, 2.75) is 45.6 Å². The fourth-order valence-corrected chi connectivity index (χ4v) is 3.07. The van der Waals surface area contributed by atoms with Crippen LogP contribution in [0.2, 0.25) is 0 Å². The molecule has 1 aliphatic rings. The van der Waals surface area contributed by atoms with Crippen LogP contribution in [0.5, 0.6) is 5.75 Å². The molecular weight excluding hydrogens is 318 g/mol. The van der Waals surface area contributed by atoms with Crippen molar-refractivity contribution in [1.82, 2.24) is 4.90 Å². The number of benzene rings is 1. The minimum atomic E-state index is 0.0356. The fraction of sp³-hybridized carbons (Fsp3) is 0.562. The summed E-state index contributed by atoms with van der Waals surface area (Å²) in [4.78, 5) is 14.7. The molecular formula is C16H22BrNO2. The minimum Gasteiger partial charge on any atom is -0.507 e. The van der Waals surface area contributed by atoms with E-state index in [0.717, 1.165) is 19.4 Å². The van der Waals surface area contributed by atoms with E-state index in [4.69, 9.17) is 0 Å². The lowest BCUT2D eigenvalue weighted by molar-refractivity contribution is 0.0655. The van der Waals surface area contributed by atoms with E-state index in [-0.39, 0.29) is 11.7 Å². The predicted molar refractivity (Wildman–Crippen MR) is 83.9 cm³/mol. The first-order valence-corrected chi connectivity index (χ1v) is 8.08. The zero-order valence-corrected chi connectivity index (χ0v) is 13.7. The molecule has 0 unspecified atom stereocenters. The van der Waals surface area contributed by atoms with E-state index in [0.29, 0.717) is 22.0 Å². The van der Waals surface area contributed by atoms with Gasteiger partial charge in [-0.25, -0.2) is 0 Å². The molecule has 110 valence electrons. The lowest BCUT2D eigenvalue weighted by Crippen LogP contribution is -2.41. The van der Waals surface area contributed by atoms with Gasteiger partial charge in [-0.3, -0.25) is 4.79 Å². The van der Waals surface area contributed by atoms with Crippen molar-refractivity contribution in [3.63, 3.8) is 0 Å². The first-order valence-electron chi connectivity index (χ1n) is 7.28. The van der Waals surface area contributed by atoms with E-state index < -0.39 is 0 Å². The Morgan fingerprint density at radius 3 is 2.60 bits per heavy atom. The molecule has 0 atom stereocenters. The molecule has 1 fully saturated rings. The maximum atomic E-state index is 12.7. The number of hydrogen-bond acceptors (Lipinski definition) is 2. The molecule has 1 amide bonds. The Labute approximate surface area is 129 Å². The smallest absolute Gasteiger partial charge is 0.254 e. The van der Waals surface area contributed by atoms with Crippen molar-refractivity contribution in [3.05, 3.63) is 28.2 Å². The van der Waals surface area contributed by atoms with E-state index in [1.165, 1.54) is 12.8 Å². The third-order valence-electron chi connectivity index (χ3n) is 3.78. The average Bonchev–Trinajstić information content (AvgIpc) is 2.92. The Hall–Kier alpha value is -1.03. The van der Waals surface area contributed by atoms with Gasteiger partial charge in [-0.05, 0) is 52.9 Å². The van der Waals surface area contributed by atoms with Crippen molar-refractivity contribution < 1.29 is 9.90 Å². The summed E-state index contributed by atoms with van der Waals surface area (Å²) in [5.74, 6) is 0.601.